The SMILES string of the molecule is CC(C)(CCO)CNC(=O)CCC(=O)c1ccccc1. The van der Waals surface area contributed by atoms with Crippen molar-refractivity contribution < 1.29 is 14.7 Å². The number of Topliss-reactive ketones (excluding diaryl/α,β-unsaturated/α-hetero) is 1. The fourth-order valence-corrected chi connectivity index (χ4v) is 1.81. The third-order valence-electron chi connectivity index (χ3n) is 3.23. The molecule has 0 aliphatic heterocycles. The van der Waals surface area contributed by atoms with Crippen molar-refractivity contribution in [1.82, 2.24) is 5.32 Å². The Morgan fingerprint density at radius 3 is 2.40 bits per heavy atom. The highest BCUT2D eigenvalue weighted by Gasteiger charge is 2.18. The fraction of sp³-hybridized carbons (Fsp3) is 0.500. The van der Waals surface area contributed by atoms with Crippen LogP contribution in [0.25, 0.3) is 0 Å². The molecule has 4 heteroatoms. The zero-order chi connectivity index (χ0) is 15.0. The van der Waals surface area contributed by atoms with Crippen LogP contribution >= 0.6 is 0 Å². The zero-order valence-corrected chi connectivity index (χ0v) is 12.2. The number of amides is 1. The Labute approximate surface area is 120 Å². The molecule has 0 heterocycles. The van der Waals surface area contributed by atoms with Gasteiger partial charge in [-0.15, -0.1) is 0 Å². The molecule has 0 atom stereocenters. The summed E-state index contributed by atoms with van der Waals surface area (Å²) in [6.45, 7) is 4.58. The molecule has 0 spiro atoms. The van der Waals surface area contributed by atoms with E-state index in [0.717, 1.165) is 0 Å². The zero-order valence-electron chi connectivity index (χ0n) is 12.2. The topological polar surface area (TPSA) is 66.4 Å². The van der Waals surface area contributed by atoms with Gasteiger partial charge in [-0.3, -0.25) is 9.59 Å². The van der Waals surface area contributed by atoms with E-state index in [4.69, 9.17) is 5.11 Å². The number of benzene rings is 1. The fourth-order valence-electron chi connectivity index (χ4n) is 1.81. The first-order valence-corrected chi connectivity index (χ1v) is 6.90. The smallest absolute Gasteiger partial charge is 0.220 e. The number of hydrogen-bond acceptors (Lipinski definition) is 3. The highest BCUT2D eigenvalue weighted by atomic mass is 16.3. The van der Waals surface area contributed by atoms with Gasteiger partial charge < -0.3 is 10.4 Å². The Morgan fingerprint density at radius 1 is 1.15 bits per heavy atom. The largest absolute Gasteiger partial charge is 0.396 e. The second-order valence-electron chi connectivity index (χ2n) is 5.70. The predicted octanol–water partition coefficient (Wildman–Crippen LogP) is 2.17. The van der Waals surface area contributed by atoms with Crippen molar-refractivity contribution in [1.29, 1.82) is 0 Å². The molecule has 0 saturated carbocycles. The predicted molar refractivity (Wildman–Crippen MR) is 78.5 cm³/mol. The van der Waals surface area contributed by atoms with Crippen molar-refractivity contribution in [2.75, 3.05) is 13.2 Å². The van der Waals surface area contributed by atoms with Crippen LogP contribution in [0.15, 0.2) is 30.3 Å². The van der Waals surface area contributed by atoms with E-state index in [1.807, 2.05) is 32.0 Å². The molecule has 0 aliphatic carbocycles. The molecule has 0 saturated heterocycles. The van der Waals surface area contributed by atoms with E-state index in [-0.39, 0.29) is 36.6 Å². The molecule has 0 bridgehead atoms. The van der Waals surface area contributed by atoms with E-state index >= 15 is 0 Å². The Hall–Kier alpha value is -1.68. The van der Waals surface area contributed by atoms with Crippen LogP contribution in [0.3, 0.4) is 0 Å². The van der Waals surface area contributed by atoms with E-state index in [9.17, 15) is 9.59 Å². The number of rotatable bonds is 8. The minimum atomic E-state index is -0.131. The van der Waals surface area contributed by atoms with E-state index in [1.165, 1.54) is 0 Å². The monoisotopic (exact) mass is 277 g/mol. The van der Waals surface area contributed by atoms with Crippen LogP contribution in [-0.2, 0) is 4.79 Å². The average Bonchev–Trinajstić information content (AvgIpc) is 2.43. The Morgan fingerprint density at radius 2 is 1.80 bits per heavy atom. The number of ketones is 1. The number of hydrogen-bond donors (Lipinski definition) is 2. The Kier molecular flexibility index (Phi) is 6.39. The quantitative estimate of drug-likeness (QED) is 0.716. The van der Waals surface area contributed by atoms with E-state index < -0.39 is 0 Å². The average molecular weight is 277 g/mol. The molecule has 0 aromatic heterocycles. The lowest BCUT2D eigenvalue weighted by Crippen LogP contribution is -2.34. The first-order valence-electron chi connectivity index (χ1n) is 6.90. The van der Waals surface area contributed by atoms with Gasteiger partial charge in [-0.05, 0) is 11.8 Å². The summed E-state index contributed by atoms with van der Waals surface area (Å²) in [5.74, 6) is -0.143. The highest BCUT2D eigenvalue weighted by molar-refractivity contribution is 5.97. The minimum Gasteiger partial charge on any atom is -0.396 e. The van der Waals surface area contributed by atoms with Crippen LogP contribution in [0.2, 0.25) is 0 Å². The summed E-state index contributed by atoms with van der Waals surface area (Å²) >= 11 is 0. The summed E-state index contributed by atoms with van der Waals surface area (Å²) in [5.41, 5.74) is 0.509. The standard InChI is InChI=1S/C16H23NO3/c1-16(2,10-11-18)12-17-15(20)9-8-14(19)13-6-4-3-5-7-13/h3-7,18H,8-12H2,1-2H3,(H,17,20). The highest BCUT2D eigenvalue weighted by Crippen LogP contribution is 2.18. The van der Waals surface area contributed by atoms with Gasteiger partial charge in [0, 0.05) is 31.6 Å². The minimum absolute atomic E-state index is 0.0182. The molecule has 1 rings (SSSR count). The number of carbonyl (C=O) groups excluding carboxylic acids is 2. The van der Waals surface area contributed by atoms with Crippen molar-refractivity contribution in [2.45, 2.75) is 33.1 Å². The van der Waals surface area contributed by atoms with Crippen LogP contribution in [0.4, 0.5) is 0 Å². The lowest BCUT2D eigenvalue weighted by Gasteiger charge is -2.23. The van der Waals surface area contributed by atoms with Gasteiger partial charge in [0.05, 0.1) is 0 Å². The van der Waals surface area contributed by atoms with E-state index in [2.05, 4.69) is 5.32 Å². The molecule has 0 radical (unpaired) electrons. The third kappa shape index (κ3) is 5.97. The summed E-state index contributed by atoms with van der Waals surface area (Å²) in [7, 11) is 0. The second kappa shape index (κ2) is 7.80. The lowest BCUT2D eigenvalue weighted by atomic mass is 9.90. The molecular formula is C16H23NO3. The van der Waals surface area contributed by atoms with Crippen molar-refractivity contribution in [3.63, 3.8) is 0 Å². The third-order valence-corrected chi connectivity index (χ3v) is 3.23. The molecule has 0 fully saturated rings. The number of aliphatic hydroxyl groups is 1. The van der Waals surface area contributed by atoms with Crippen LogP contribution in [0.5, 0.6) is 0 Å². The van der Waals surface area contributed by atoms with E-state index in [0.29, 0.717) is 18.5 Å². The van der Waals surface area contributed by atoms with Crippen LogP contribution < -0.4 is 5.32 Å². The summed E-state index contributed by atoms with van der Waals surface area (Å²) in [4.78, 5) is 23.5. The second-order valence-corrected chi connectivity index (χ2v) is 5.70. The maximum Gasteiger partial charge on any atom is 0.220 e. The lowest BCUT2D eigenvalue weighted by molar-refractivity contribution is -0.121. The molecule has 20 heavy (non-hydrogen) atoms. The maximum absolute atomic E-state index is 11.8. The molecule has 2 N–H and O–H groups in total. The Balaban J connectivity index is 2.32. The Bertz CT molecular complexity index is 440. The van der Waals surface area contributed by atoms with Crippen LogP contribution in [0.1, 0.15) is 43.5 Å². The molecule has 0 unspecified atom stereocenters. The van der Waals surface area contributed by atoms with Gasteiger partial charge >= 0.3 is 0 Å². The van der Waals surface area contributed by atoms with Gasteiger partial charge in [0.1, 0.15) is 0 Å². The van der Waals surface area contributed by atoms with Gasteiger partial charge in [0.25, 0.3) is 0 Å². The first-order chi connectivity index (χ1) is 9.44. The summed E-state index contributed by atoms with van der Waals surface area (Å²) in [6, 6.07) is 8.98. The summed E-state index contributed by atoms with van der Waals surface area (Å²) in [6.07, 6.45) is 1.05. The van der Waals surface area contributed by atoms with Gasteiger partial charge in [-0.25, -0.2) is 0 Å². The van der Waals surface area contributed by atoms with Gasteiger partial charge in [-0.1, -0.05) is 44.2 Å². The van der Waals surface area contributed by atoms with Crippen molar-refractivity contribution >= 4 is 11.7 Å². The summed E-state index contributed by atoms with van der Waals surface area (Å²) < 4.78 is 0. The molecular weight excluding hydrogens is 254 g/mol. The number of nitrogens with one attached hydrogen (secondary N) is 1. The van der Waals surface area contributed by atoms with Crippen molar-refractivity contribution in [2.24, 2.45) is 5.41 Å². The van der Waals surface area contributed by atoms with Crippen LogP contribution in [0, 0.1) is 5.41 Å². The molecule has 4 nitrogen and oxygen atoms in total. The normalized spacial score (nSPS) is 11.2. The van der Waals surface area contributed by atoms with Crippen LogP contribution in [-0.4, -0.2) is 29.9 Å². The first kappa shape index (κ1) is 16.4. The number of carbonyl (C=O) groups is 2. The van der Waals surface area contributed by atoms with Crippen molar-refractivity contribution in [3.8, 4) is 0 Å². The molecule has 1 amide bonds. The molecule has 0 aliphatic rings. The van der Waals surface area contributed by atoms with Gasteiger partial charge in [-0.2, -0.15) is 0 Å². The van der Waals surface area contributed by atoms with E-state index in [1.54, 1.807) is 12.1 Å². The van der Waals surface area contributed by atoms with Gasteiger partial charge in [0.15, 0.2) is 5.78 Å². The maximum atomic E-state index is 11.8. The molecule has 110 valence electrons. The molecule has 1 aromatic rings. The van der Waals surface area contributed by atoms with Crippen molar-refractivity contribution in [3.05, 3.63) is 35.9 Å². The summed E-state index contributed by atoms with van der Waals surface area (Å²) in [5, 5.41) is 11.7. The van der Waals surface area contributed by atoms with Gasteiger partial charge in [0.2, 0.25) is 5.91 Å². The molecule has 1 aromatic carbocycles. The number of aliphatic hydroxyl groups excluding tert-OH is 1.